The standard InChI is InChI=1S/C14H13N7O2/c1-22-20-6-12-13(15)17-8-18-14(12)23-11-4-2-10(3-5-11)21-9-16-7-19-21/h2-9H,1H3,(H2,15,17,18)/b20-6-. The van der Waals surface area contributed by atoms with Crippen molar-refractivity contribution in [3.63, 3.8) is 0 Å². The van der Waals surface area contributed by atoms with Crippen molar-refractivity contribution in [1.29, 1.82) is 0 Å². The number of anilines is 1. The summed E-state index contributed by atoms with van der Waals surface area (Å²) in [6.07, 6.45) is 5.79. The number of hydrogen-bond donors (Lipinski definition) is 1. The number of oxime groups is 1. The number of rotatable bonds is 5. The molecule has 0 saturated heterocycles. The largest absolute Gasteiger partial charge is 0.438 e. The van der Waals surface area contributed by atoms with E-state index in [-0.39, 0.29) is 11.7 Å². The highest BCUT2D eigenvalue weighted by Gasteiger charge is 2.10. The van der Waals surface area contributed by atoms with Crippen molar-refractivity contribution in [2.75, 3.05) is 12.8 Å². The highest BCUT2D eigenvalue weighted by molar-refractivity contribution is 5.88. The Morgan fingerprint density at radius 1 is 1.17 bits per heavy atom. The molecular formula is C14H13N7O2. The third-order valence-electron chi connectivity index (χ3n) is 2.90. The van der Waals surface area contributed by atoms with Crippen molar-refractivity contribution in [3.05, 3.63) is 48.8 Å². The molecule has 1 aromatic carbocycles. The van der Waals surface area contributed by atoms with Crippen LogP contribution in [0.15, 0.2) is 48.4 Å². The maximum atomic E-state index is 5.81. The zero-order valence-electron chi connectivity index (χ0n) is 12.2. The maximum Gasteiger partial charge on any atom is 0.233 e. The summed E-state index contributed by atoms with van der Waals surface area (Å²) >= 11 is 0. The lowest BCUT2D eigenvalue weighted by atomic mass is 10.3. The summed E-state index contributed by atoms with van der Waals surface area (Å²) in [5, 5.41) is 7.73. The van der Waals surface area contributed by atoms with Crippen molar-refractivity contribution < 1.29 is 9.57 Å². The topological polar surface area (TPSA) is 113 Å². The molecule has 0 bridgehead atoms. The van der Waals surface area contributed by atoms with Crippen LogP contribution in [0, 0.1) is 0 Å². The molecule has 9 nitrogen and oxygen atoms in total. The van der Waals surface area contributed by atoms with E-state index in [1.165, 1.54) is 26.0 Å². The summed E-state index contributed by atoms with van der Waals surface area (Å²) in [6.45, 7) is 0. The quantitative estimate of drug-likeness (QED) is 0.559. The molecule has 0 aliphatic heterocycles. The Balaban J connectivity index is 1.85. The van der Waals surface area contributed by atoms with Gasteiger partial charge < -0.3 is 15.3 Å². The Bertz CT molecular complexity index is 801. The first-order valence-corrected chi connectivity index (χ1v) is 6.58. The summed E-state index contributed by atoms with van der Waals surface area (Å²) in [4.78, 5) is 16.5. The summed E-state index contributed by atoms with van der Waals surface area (Å²) in [5.41, 5.74) is 7.11. The van der Waals surface area contributed by atoms with Gasteiger partial charge in [0.2, 0.25) is 5.88 Å². The van der Waals surface area contributed by atoms with Gasteiger partial charge in [-0.05, 0) is 24.3 Å². The SMILES string of the molecule is CO/N=C\c1c(N)ncnc1Oc1ccc(-n2cncn2)cc1. The van der Waals surface area contributed by atoms with E-state index in [9.17, 15) is 0 Å². The van der Waals surface area contributed by atoms with Crippen LogP contribution in [0.25, 0.3) is 5.69 Å². The van der Waals surface area contributed by atoms with Gasteiger partial charge in [-0.3, -0.25) is 0 Å². The molecule has 0 radical (unpaired) electrons. The van der Waals surface area contributed by atoms with Crippen LogP contribution in [-0.2, 0) is 4.84 Å². The first kappa shape index (κ1) is 14.4. The second-order valence-corrected chi connectivity index (χ2v) is 4.33. The van der Waals surface area contributed by atoms with Crippen LogP contribution in [0.4, 0.5) is 5.82 Å². The van der Waals surface area contributed by atoms with E-state index in [4.69, 9.17) is 10.5 Å². The monoisotopic (exact) mass is 311 g/mol. The molecule has 2 aromatic heterocycles. The van der Waals surface area contributed by atoms with E-state index in [1.54, 1.807) is 23.1 Å². The third kappa shape index (κ3) is 3.23. The minimum atomic E-state index is 0.245. The van der Waals surface area contributed by atoms with Crippen LogP contribution in [0.2, 0.25) is 0 Å². The van der Waals surface area contributed by atoms with E-state index in [0.717, 1.165) is 5.69 Å². The predicted octanol–water partition coefficient (Wildman–Crippen LogP) is 1.41. The summed E-state index contributed by atoms with van der Waals surface area (Å²) in [5.74, 6) is 1.11. The first-order valence-electron chi connectivity index (χ1n) is 6.58. The highest BCUT2D eigenvalue weighted by Crippen LogP contribution is 2.25. The molecule has 116 valence electrons. The van der Waals surface area contributed by atoms with E-state index >= 15 is 0 Å². The summed E-state index contributed by atoms with van der Waals surface area (Å²) in [7, 11) is 1.43. The van der Waals surface area contributed by atoms with Gasteiger partial charge >= 0.3 is 0 Å². The van der Waals surface area contributed by atoms with E-state index in [2.05, 4.69) is 30.0 Å². The lowest BCUT2D eigenvalue weighted by Gasteiger charge is -2.09. The first-order chi connectivity index (χ1) is 11.3. The number of nitrogen functional groups attached to an aromatic ring is 1. The fourth-order valence-electron chi connectivity index (χ4n) is 1.82. The molecule has 0 aliphatic rings. The van der Waals surface area contributed by atoms with Gasteiger partial charge in [0.15, 0.2) is 0 Å². The van der Waals surface area contributed by atoms with Crippen molar-refractivity contribution in [2.45, 2.75) is 0 Å². The van der Waals surface area contributed by atoms with Gasteiger partial charge in [-0.1, -0.05) is 5.16 Å². The number of hydrogen-bond acceptors (Lipinski definition) is 8. The highest BCUT2D eigenvalue weighted by atomic mass is 16.6. The molecule has 3 aromatic rings. The average molecular weight is 311 g/mol. The minimum absolute atomic E-state index is 0.245. The molecular weight excluding hydrogens is 298 g/mol. The molecule has 0 atom stereocenters. The minimum Gasteiger partial charge on any atom is -0.438 e. The van der Waals surface area contributed by atoms with E-state index in [0.29, 0.717) is 11.3 Å². The molecule has 3 rings (SSSR count). The van der Waals surface area contributed by atoms with Gasteiger partial charge in [0.05, 0.1) is 11.9 Å². The van der Waals surface area contributed by atoms with Crippen LogP contribution < -0.4 is 10.5 Å². The molecule has 0 unspecified atom stereocenters. The van der Waals surface area contributed by atoms with Crippen molar-refractivity contribution >= 4 is 12.0 Å². The normalized spacial score (nSPS) is 10.8. The van der Waals surface area contributed by atoms with E-state index in [1.807, 2.05) is 12.1 Å². The number of nitrogens with zero attached hydrogens (tertiary/aromatic N) is 6. The average Bonchev–Trinajstić information content (AvgIpc) is 3.10. The lowest BCUT2D eigenvalue weighted by molar-refractivity contribution is 0.215. The lowest BCUT2D eigenvalue weighted by Crippen LogP contribution is -2.02. The second-order valence-electron chi connectivity index (χ2n) is 4.33. The molecule has 9 heteroatoms. The molecule has 0 saturated carbocycles. The van der Waals surface area contributed by atoms with Crippen LogP contribution in [-0.4, -0.2) is 38.1 Å². The molecule has 0 spiro atoms. The Morgan fingerprint density at radius 3 is 2.70 bits per heavy atom. The summed E-state index contributed by atoms with van der Waals surface area (Å²) < 4.78 is 7.38. The zero-order valence-corrected chi connectivity index (χ0v) is 12.2. The molecule has 2 heterocycles. The number of ether oxygens (including phenoxy) is 1. The van der Waals surface area contributed by atoms with Gasteiger partial charge in [0.25, 0.3) is 0 Å². The molecule has 2 N–H and O–H groups in total. The zero-order chi connectivity index (χ0) is 16.1. The third-order valence-corrected chi connectivity index (χ3v) is 2.90. The van der Waals surface area contributed by atoms with Crippen LogP contribution in [0.5, 0.6) is 11.6 Å². The van der Waals surface area contributed by atoms with Crippen molar-refractivity contribution in [1.82, 2.24) is 24.7 Å². The molecule has 0 aliphatic carbocycles. The maximum absolute atomic E-state index is 5.81. The summed E-state index contributed by atoms with van der Waals surface area (Å²) in [6, 6.07) is 7.26. The van der Waals surface area contributed by atoms with Gasteiger partial charge in [-0.2, -0.15) is 5.10 Å². The van der Waals surface area contributed by atoms with E-state index < -0.39 is 0 Å². The molecule has 0 amide bonds. The second kappa shape index (κ2) is 6.52. The van der Waals surface area contributed by atoms with Gasteiger partial charge in [0.1, 0.15) is 43.2 Å². The Morgan fingerprint density at radius 2 is 2.00 bits per heavy atom. The Kier molecular flexibility index (Phi) is 4.09. The fourth-order valence-corrected chi connectivity index (χ4v) is 1.82. The smallest absolute Gasteiger partial charge is 0.233 e. The van der Waals surface area contributed by atoms with Gasteiger partial charge in [-0.25, -0.2) is 19.6 Å². The predicted molar refractivity (Wildman–Crippen MR) is 82.5 cm³/mol. The van der Waals surface area contributed by atoms with Gasteiger partial charge in [0, 0.05) is 0 Å². The Labute approximate surface area is 131 Å². The Hall–Kier alpha value is -3.49. The number of nitrogens with two attached hydrogens (primary N) is 1. The van der Waals surface area contributed by atoms with Crippen molar-refractivity contribution in [2.24, 2.45) is 5.16 Å². The van der Waals surface area contributed by atoms with Crippen LogP contribution in [0.1, 0.15) is 5.56 Å². The number of aromatic nitrogens is 5. The van der Waals surface area contributed by atoms with Gasteiger partial charge in [-0.15, -0.1) is 0 Å². The van der Waals surface area contributed by atoms with Crippen molar-refractivity contribution in [3.8, 4) is 17.3 Å². The molecule has 23 heavy (non-hydrogen) atoms. The fraction of sp³-hybridized carbons (Fsp3) is 0.0714. The van der Waals surface area contributed by atoms with Crippen LogP contribution in [0.3, 0.4) is 0 Å². The number of benzene rings is 1. The molecule has 0 fully saturated rings. The van der Waals surface area contributed by atoms with Crippen LogP contribution >= 0.6 is 0 Å².